The molecule has 0 atom stereocenters. The van der Waals surface area contributed by atoms with Crippen LogP contribution in [0.25, 0.3) is 11.0 Å². The van der Waals surface area contributed by atoms with Gasteiger partial charge in [0.05, 0.1) is 17.6 Å². The van der Waals surface area contributed by atoms with Crippen LogP contribution in [-0.4, -0.2) is 64.5 Å². The molecule has 2 aliphatic rings. The van der Waals surface area contributed by atoms with Crippen LogP contribution in [0.5, 0.6) is 0 Å². The molecule has 2 fully saturated rings. The number of imidazole rings is 1. The number of fused-ring (bicyclic) bond motifs is 1. The molecule has 2 saturated heterocycles. The molecule has 6 heteroatoms. The number of piperidine rings is 1. The van der Waals surface area contributed by atoms with Gasteiger partial charge in [-0.25, -0.2) is 4.98 Å². The zero-order valence-electron chi connectivity index (χ0n) is 20.8. The summed E-state index contributed by atoms with van der Waals surface area (Å²) in [6.45, 7) is 10.7. The Morgan fingerprint density at radius 1 is 0.941 bits per heavy atom. The van der Waals surface area contributed by atoms with Crippen LogP contribution in [0.3, 0.4) is 0 Å². The maximum absolute atomic E-state index is 13.2. The maximum Gasteiger partial charge on any atom is 0.225 e. The number of anilines is 1. The SMILES string of the molecule is CC(C)c1ccc(N2CCN(C(=O)C3CCN(Cc4nc5ccccc5n4C)CC3)CC2)cc1. The van der Waals surface area contributed by atoms with Crippen LogP contribution < -0.4 is 4.90 Å². The summed E-state index contributed by atoms with van der Waals surface area (Å²) in [7, 11) is 2.10. The number of hydrogen-bond acceptors (Lipinski definition) is 4. The molecule has 0 aliphatic carbocycles. The first-order chi connectivity index (χ1) is 16.5. The number of para-hydroxylation sites is 2. The fraction of sp³-hybridized carbons (Fsp3) is 0.500. The molecule has 0 saturated carbocycles. The minimum absolute atomic E-state index is 0.161. The molecule has 180 valence electrons. The van der Waals surface area contributed by atoms with Gasteiger partial charge in [-0.1, -0.05) is 38.1 Å². The molecule has 1 aromatic heterocycles. The zero-order chi connectivity index (χ0) is 23.7. The smallest absolute Gasteiger partial charge is 0.225 e. The van der Waals surface area contributed by atoms with E-state index in [1.165, 1.54) is 16.8 Å². The number of rotatable bonds is 5. The van der Waals surface area contributed by atoms with E-state index in [0.29, 0.717) is 11.8 Å². The quantitative estimate of drug-likeness (QED) is 0.572. The summed E-state index contributed by atoms with van der Waals surface area (Å²) in [6, 6.07) is 17.2. The van der Waals surface area contributed by atoms with Gasteiger partial charge in [0.2, 0.25) is 5.91 Å². The lowest BCUT2D eigenvalue weighted by Crippen LogP contribution is -2.51. The van der Waals surface area contributed by atoms with E-state index in [1.54, 1.807) is 0 Å². The normalized spacial score (nSPS) is 18.2. The van der Waals surface area contributed by atoms with Crippen molar-refractivity contribution >= 4 is 22.6 Å². The summed E-state index contributed by atoms with van der Waals surface area (Å²) in [5, 5.41) is 0. The number of carbonyl (C=O) groups is 1. The average molecular weight is 460 g/mol. The monoisotopic (exact) mass is 459 g/mol. The van der Waals surface area contributed by atoms with Gasteiger partial charge in [-0.15, -0.1) is 0 Å². The average Bonchev–Trinajstić information content (AvgIpc) is 3.19. The number of likely N-dealkylation sites (tertiary alicyclic amines) is 1. The van der Waals surface area contributed by atoms with Gasteiger partial charge in [0.25, 0.3) is 0 Å². The molecule has 34 heavy (non-hydrogen) atoms. The van der Waals surface area contributed by atoms with Crippen molar-refractivity contribution in [2.24, 2.45) is 13.0 Å². The lowest BCUT2D eigenvalue weighted by Gasteiger charge is -2.39. The van der Waals surface area contributed by atoms with Gasteiger partial charge in [0.15, 0.2) is 0 Å². The maximum atomic E-state index is 13.2. The summed E-state index contributed by atoms with van der Waals surface area (Å²) < 4.78 is 2.20. The number of nitrogens with zero attached hydrogens (tertiary/aromatic N) is 5. The third-order valence-corrected chi connectivity index (χ3v) is 7.70. The van der Waals surface area contributed by atoms with Gasteiger partial charge in [0, 0.05) is 44.8 Å². The molecule has 2 aliphatic heterocycles. The molecule has 5 rings (SSSR count). The van der Waals surface area contributed by atoms with Crippen molar-refractivity contribution in [3.63, 3.8) is 0 Å². The Kier molecular flexibility index (Phi) is 6.59. The Morgan fingerprint density at radius 2 is 1.62 bits per heavy atom. The van der Waals surface area contributed by atoms with Crippen LogP contribution in [0.15, 0.2) is 48.5 Å². The van der Waals surface area contributed by atoms with Gasteiger partial charge < -0.3 is 14.4 Å². The number of aromatic nitrogens is 2. The molecule has 3 heterocycles. The fourth-order valence-corrected chi connectivity index (χ4v) is 5.39. The molecule has 2 aromatic carbocycles. The van der Waals surface area contributed by atoms with Crippen molar-refractivity contribution in [1.29, 1.82) is 0 Å². The van der Waals surface area contributed by atoms with Gasteiger partial charge in [-0.3, -0.25) is 9.69 Å². The summed E-state index contributed by atoms with van der Waals surface area (Å²) in [5.41, 5.74) is 4.88. The first-order valence-electron chi connectivity index (χ1n) is 12.8. The molecule has 0 unspecified atom stereocenters. The number of amides is 1. The highest BCUT2D eigenvalue weighted by molar-refractivity contribution is 5.79. The molecule has 0 radical (unpaired) electrons. The Morgan fingerprint density at radius 3 is 2.26 bits per heavy atom. The summed E-state index contributed by atoms with van der Waals surface area (Å²) >= 11 is 0. The van der Waals surface area contributed by atoms with Crippen molar-refractivity contribution in [2.45, 2.75) is 39.2 Å². The summed E-state index contributed by atoms with van der Waals surface area (Å²) in [5.74, 6) is 2.17. The molecule has 6 nitrogen and oxygen atoms in total. The number of piperazine rings is 1. The van der Waals surface area contributed by atoms with E-state index in [4.69, 9.17) is 4.98 Å². The molecule has 0 spiro atoms. The first kappa shape index (κ1) is 22.9. The van der Waals surface area contributed by atoms with E-state index in [2.05, 4.69) is 82.6 Å². The fourth-order valence-electron chi connectivity index (χ4n) is 5.39. The number of carbonyl (C=O) groups excluding carboxylic acids is 1. The largest absolute Gasteiger partial charge is 0.368 e. The van der Waals surface area contributed by atoms with Crippen molar-refractivity contribution < 1.29 is 4.79 Å². The number of hydrogen-bond donors (Lipinski definition) is 0. The van der Waals surface area contributed by atoms with E-state index in [1.807, 2.05) is 6.07 Å². The Labute approximate surface area is 203 Å². The highest BCUT2D eigenvalue weighted by Gasteiger charge is 2.31. The number of benzene rings is 2. The van der Waals surface area contributed by atoms with Crippen molar-refractivity contribution in [1.82, 2.24) is 19.4 Å². The van der Waals surface area contributed by atoms with Gasteiger partial charge in [-0.05, 0) is 61.7 Å². The lowest BCUT2D eigenvalue weighted by molar-refractivity contribution is -0.137. The predicted molar refractivity (Wildman–Crippen MR) is 138 cm³/mol. The van der Waals surface area contributed by atoms with E-state index < -0.39 is 0 Å². The van der Waals surface area contributed by atoms with Crippen LogP contribution in [-0.2, 0) is 18.4 Å². The first-order valence-corrected chi connectivity index (χ1v) is 12.8. The molecule has 1 amide bonds. The second kappa shape index (κ2) is 9.79. The summed E-state index contributed by atoms with van der Waals surface area (Å²) in [6.07, 6.45) is 1.89. The highest BCUT2D eigenvalue weighted by atomic mass is 16.2. The van der Waals surface area contributed by atoms with Gasteiger partial charge in [0.1, 0.15) is 5.82 Å². The molecule has 0 bridgehead atoms. The van der Waals surface area contributed by atoms with Gasteiger partial charge >= 0.3 is 0 Å². The van der Waals surface area contributed by atoms with Crippen LogP contribution in [0.1, 0.15) is 44.0 Å². The molecular weight excluding hydrogens is 422 g/mol. The molecular formula is C28H37N5O. The topological polar surface area (TPSA) is 44.6 Å². The van der Waals surface area contributed by atoms with Crippen LogP contribution in [0, 0.1) is 5.92 Å². The predicted octanol–water partition coefficient (Wildman–Crippen LogP) is 4.26. The number of aryl methyl sites for hydroxylation is 1. The Bertz CT molecular complexity index is 1120. The molecule has 0 N–H and O–H groups in total. The highest BCUT2D eigenvalue weighted by Crippen LogP contribution is 2.25. The third kappa shape index (κ3) is 4.69. The van der Waals surface area contributed by atoms with Gasteiger partial charge in [-0.2, -0.15) is 0 Å². The van der Waals surface area contributed by atoms with E-state index in [-0.39, 0.29) is 5.92 Å². The lowest BCUT2D eigenvalue weighted by atomic mass is 9.95. The second-order valence-corrected chi connectivity index (χ2v) is 10.2. The van der Waals surface area contributed by atoms with Crippen molar-refractivity contribution in [3.8, 4) is 0 Å². The second-order valence-electron chi connectivity index (χ2n) is 10.2. The van der Waals surface area contributed by atoms with Crippen LogP contribution in [0.4, 0.5) is 5.69 Å². The van der Waals surface area contributed by atoms with Crippen molar-refractivity contribution in [3.05, 3.63) is 59.9 Å². The van der Waals surface area contributed by atoms with Crippen LogP contribution in [0.2, 0.25) is 0 Å². The van der Waals surface area contributed by atoms with E-state index in [9.17, 15) is 4.79 Å². The minimum atomic E-state index is 0.161. The van der Waals surface area contributed by atoms with Crippen LogP contribution >= 0.6 is 0 Å². The Hall–Kier alpha value is -2.86. The third-order valence-electron chi connectivity index (χ3n) is 7.70. The van der Waals surface area contributed by atoms with Crippen molar-refractivity contribution in [2.75, 3.05) is 44.2 Å². The minimum Gasteiger partial charge on any atom is -0.368 e. The van der Waals surface area contributed by atoms with E-state index >= 15 is 0 Å². The molecule has 3 aromatic rings. The summed E-state index contributed by atoms with van der Waals surface area (Å²) in [4.78, 5) is 25.0. The Balaban J connectivity index is 1.11. The zero-order valence-corrected chi connectivity index (χ0v) is 20.8. The standard InChI is InChI=1S/C28H37N5O/c1-21(2)22-8-10-24(11-9-22)32-16-18-33(19-17-32)28(34)23-12-14-31(15-13-23)20-27-29-25-6-4-5-7-26(25)30(27)3/h4-11,21,23H,12-20H2,1-3H3. The van der Waals surface area contributed by atoms with E-state index in [0.717, 1.165) is 70.0 Å².